The number of hydrogen-bond donors (Lipinski definition) is 2. The highest BCUT2D eigenvalue weighted by molar-refractivity contribution is 6.74. The van der Waals surface area contributed by atoms with Crippen LogP contribution in [-0.2, 0) is 4.43 Å². The number of fused-ring (bicyclic) bond motifs is 1. The minimum atomic E-state index is -1.85. The van der Waals surface area contributed by atoms with E-state index in [0.29, 0.717) is 0 Å². The standard InChI is InChI=1S/C21H40O3Si/c1-15(2)21(23)12-11-20(6)17(13-21)16(14-22)9-10-18(20)24-25(7,8)19(3,4)5/h14-15,17-18,22-23H,9-13H2,1-8H3/b16-14+/t17-,18+,20+,21-/m0/s1. The Balaban J connectivity index is 2.33. The molecular weight excluding hydrogens is 328 g/mol. The molecule has 146 valence electrons. The van der Waals surface area contributed by atoms with Crippen LogP contribution in [0.2, 0.25) is 18.1 Å². The number of allylic oxidation sites excluding steroid dienone is 1. The molecule has 0 heterocycles. The molecule has 0 radical (unpaired) electrons. The summed E-state index contributed by atoms with van der Waals surface area (Å²) in [5, 5.41) is 21.1. The molecule has 0 aromatic carbocycles. The topological polar surface area (TPSA) is 49.7 Å². The first-order valence-electron chi connectivity index (χ1n) is 10.0. The summed E-state index contributed by atoms with van der Waals surface area (Å²) >= 11 is 0. The first kappa shape index (κ1) is 21.0. The monoisotopic (exact) mass is 368 g/mol. The Morgan fingerprint density at radius 3 is 2.32 bits per heavy atom. The molecule has 2 aliphatic carbocycles. The van der Waals surface area contributed by atoms with Gasteiger partial charge in [0.25, 0.3) is 0 Å². The van der Waals surface area contributed by atoms with Gasteiger partial charge < -0.3 is 14.6 Å². The van der Waals surface area contributed by atoms with Gasteiger partial charge in [-0.2, -0.15) is 0 Å². The molecule has 0 spiro atoms. The second-order valence-corrected chi connectivity index (χ2v) is 15.4. The van der Waals surface area contributed by atoms with Crippen LogP contribution in [0.4, 0.5) is 0 Å². The molecule has 25 heavy (non-hydrogen) atoms. The summed E-state index contributed by atoms with van der Waals surface area (Å²) in [6.45, 7) is 18.1. The molecular formula is C21H40O3Si. The summed E-state index contributed by atoms with van der Waals surface area (Å²) in [6.07, 6.45) is 5.92. The van der Waals surface area contributed by atoms with Crippen molar-refractivity contribution >= 4 is 8.32 Å². The highest BCUT2D eigenvalue weighted by Crippen LogP contribution is 2.57. The maximum absolute atomic E-state index is 11.1. The summed E-state index contributed by atoms with van der Waals surface area (Å²) in [7, 11) is -1.85. The zero-order valence-corrected chi connectivity index (χ0v) is 18.6. The fourth-order valence-electron chi connectivity index (χ4n) is 4.50. The number of aliphatic hydroxyl groups is 2. The molecule has 3 nitrogen and oxygen atoms in total. The Kier molecular flexibility index (Phi) is 5.61. The molecule has 4 heteroatoms. The first-order valence-corrected chi connectivity index (χ1v) is 12.9. The van der Waals surface area contributed by atoms with Crippen LogP contribution in [0.5, 0.6) is 0 Å². The van der Waals surface area contributed by atoms with E-state index in [1.165, 1.54) is 6.26 Å². The molecule has 0 aliphatic heterocycles. The largest absolute Gasteiger partial charge is 0.516 e. The lowest BCUT2D eigenvalue weighted by Crippen LogP contribution is -2.57. The van der Waals surface area contributed by atoms with Gasteiger partial charge >= 0.3 is 0 Å². The molecule has 0 bridgehead atoms. The average Bonchev–Trinajstić information content (AvgIpc) is 2.48. The van der Waals surface area contributed by atoms with Gasteiger partial charge in [-0.25, -0.2) is 0 Å². The van der Waals surface area contributed by atoms with Crippen molar-refractivity contribution in [1.29, 1.82) is 0 Å². The van der Waals surface area contributed by atoms with E-state index in [2.05, 4.69) is 54.6 Å². The van der Waals surface area contributed by atoms with Crippen LogP contribution >= 0.6 is 0 Å². The minimum Gasteiger partial charge on any atom is -0.516 e. The Hall–Kier alpha value is -0.323. The predicted molar refractivity (Wildman–Crippen MR) is 107 cm³/mol. The lowest BCUT2D eigenvalue weighted by atomic mass is 9.53. The highest BCUT2D eigenvalue weighted by atomic mass is 28.4. The van der Waals surface area contributed by atoms with Crippen LogP contribution in [0.1, 0.15) is 73.6 Å². The molecule has 0 amide bonds. The van der Waals surface area contributed by atoms with Crippen molar-refractivity contribution in [2.24, 2.45) is 17.3 Å². The fourth-order valence-corrected chi connectivity index (χ4v) is 5.95. The minimum absolute atomic E-state index is 0.00343. The zero-order chi connectivity index (χ0) is 19.3. The number of hydrogen-bond acceptors (Lipinski definition) is 3. The van der Waals surface area contributed by atoms with Gasteiger partial charge in [0, 0.05) is 0 Å². The van der Waals surface area contributed by atoms with Crippen LogP contribution in [-0.4, -0.2) is 30.2 Å². The lowest BCUT2D eigenvalue weighted by molar-refractivity contribution is -0.124. The fraction of sp³-hybridized carbons (Fsp3) is 0.905. The summed E-state index contributed by atoms with van der Waals surface area (Å²) in [5.41, 5.74) is 0.483. The maximum atomic E-state index is 11.1. The Labute approximate surface area is 156 Å². The molecule has 2 rings (SSSR count). The van der Waals surface area contributed by atoms with Crippen LogP contribution in [0.15, 0.2) is 11.8 Å². The molecule has 2 saturated carbocycles. The second kappa shape index (κ2) is 6.69. The van der Waals surface area contributed by atoms with E-state index in [9.17, 15) is 10.2 Å². The van der Waals surface area contributed by atoms with E-state index < -0.39 is 13.9 Å². The SMILES string of the molecule is CC(C)[C@]1(O)CC[C@@]2(C)[C@H](O[Si](C)(C)C(C)(C)C)CC/C(=C\O)[C@@H]2C1. The van der Waals surface area contributed by atoms with Crippen molar-refractivity contribution < 1.29 is 14.6 Å². The smallest absolute Gasteiger partial charge is 0.192 e. The highest BCUT2D eigenvalue weighted by Gasteiger charge is 2.55. The summed E-state index contributed by atoms with van der Waals surface area (Å²) in [4.78, 5) is 0. The van der Waals surface area contributed by atoms with E-state index in [1.807, 2.05) is 0 Å². The van der Waals surface area contributed by atoms with E-state index in [1.54, 1.807) is 0 Å². The van der Waals surface area contributed by atoms with E-state index in [0.717, 1.165) is 37.7 Å². The second-order valence-electron chi connectivity index (χ2n) is 10.6. The van der Waals surface area contributed by atoms with Crippen LogP contribution in [0.3, 0.4) is 0 Å². The van der Waals surface area contributed by atoms with E-state index >= 15 is 0 Å². The van der Waals surface area contributed by atoms with E-state index in [4.69, 9.17) is 4.43 Å². The Morgan fingerprint density at radius 2 is 1.84 bits per heavy atom. The van der Waals surface area contributed by atoms with Gasteiger partial charge in [0.2, 0.25) is 0 Å². The van der Waals surface area contributed by atoms with Crippen molar-refractivity contribution in [2.45, 2.75) is 103 Å². The third-order valence-electron chi connectivity index (χ3n) is 7.81. The third kappa shape index (κ3) is 3.72. The Morgan fingerprint density at radius 1 is 1.24 bits per heavy atom. The van der Waals surface area contributed by atoms with Crippen molar-refractivity contribution in [3.8, 4) is 0 Å². The van der Waals surface area contributed by atoms with Crippen molar-refractivity contribution in [3.05, 3.63) is 11.8 Å². The molecule has 0 aromatic heterocycles. The van der Waals surface area contributed by atoms with Gasteiger partial charge in [-0.15, -0.1) is 0 Å². The summed E-state index contributed by atoms with van der Waals surface area (Å²) in [5.74, 6) is 0.445. The molecule has 4 atom stereocenters. The zero-order valence-electron chi connectivity index (χ0n) is 17.6. The van der Waals surface area contributed by atoms with Gasteiger partial charge in [0.1, 0.15) is 0 Å². The van der Waals surface area contributed by atoms with E-state index in [-0.39, 0.29) is 28.4 Å². The molecule has 0 unspecified atom stereocenters. The predicted octanol–water partition coefficient (Wildman–Crippen LogP) is 5.81. The molecule has 0 aromatic rings. The molecule has 0 saturated heterocycles. The quantitative estimate of drug-likeness (QED) is 0.488. The van der Waals surface area contributed by atoms with Crippen molar-refractivity contribution in [2.75, 3.05) is 0 Å². The lowest BCUT2D eigenvalue weighted by Gasteiger charge is -2.57. The summed E-state index contributed by atoms with van der Waals surface area (Å²) in [6, 6.07) is 0. The van der Waals surface area contributed by atoms with Gasteiger partial charge in [-0.05, 0) is 73.1 Å². The van der Waals surface area contributed by atoms with Crippen molar-refractivity contribution in [3.63, 3.8) is 0 Å². The maximum Gasteiger partial charge on any atom is 0.192 e. The van der Waals surface area contributed by atoms with Crippen LogP contribution < -0.4 is 0 Å². The van der Waals surface area contributed by atoms with Gasteiger partial charge in [-0.1, -0.05) is 41.5 Å². The van der Waals surface area contributed by atoms with Gasteiger partial charge in [0.15, 0.2) is 8.32 Å². The number of aliphatic hydroxyl groups excluding tert-OH is 1. The summed E-state index contributed by atoms with van der Waals surface area (Å²) < 4.78 is 6.89. The Bertz CT molecular complexity index is 520. The normalized spacial score (nSPS) is 38.9. The van der Waals surface area contributed by atoms with Gasteiger partial charge in [0.05, 0.1) is 18.0 Å². The molecule has 2 N–H and O–H groups in total. The van der Waals surface area contributed by atoms with Crippen LogP contribution in [0, 0.1) is 17.3 Å². The molecule has 2 fully saturated rings. The first-order chi connectivity index (χ1) is 11.3. The van der Waals surface area contributed by atoms with Crippen LogP contribution in [0.25, 0.3) is 0 Å². The molecule has 2 aliphatic rings. The average molecular weight is 369 g/mol. The van der Waals surface area contributed by atoms with Gasteiger partial charge in [-0.3, -0.25) is 0 Å². The van der Waals surface area contributed by atoms with Crippen molar-refractivity contribution in [1.82, 2.24) is 0 Å². The third-order valence-corrected chi connectivity index (χ3v) is 12.3. The number of rotatable bonds is 3.